The monoisotopic (exact) mass is 383 g/mol. The van der Waals surface area contributed by atoms with Crippen LogP contribution in [0.5, 0.6) is 0 Å². The molecule has 1 heterocycles. The number of hydrogen-bond acceptors (Lipinski definition) is 3. The van der Waals surface area contributed by atoms with Crippen LogP contribution in [0.2, 0.25) is 0 Å². The van der Waals surface area contributed by atoms with Gasteiger partial charge in [-0.1, -0.05) is 24.5 Å². The zero-order valence-electron chi connectivity index (χ0n) is 16.8. The summed E-state index contributed by atoms with van der Waals surface area (Å²) in [4.78, 5) is 26.6. The van der Waals surface area contributed by atoms with Gasteiger partial charge in [-0.3, -0.25) is 9.59 Å². The third kappa shape index (κ3) is 6.39. The molecule has 3 rings (SSSR count). The van der Waals surface area contributed by atoms with E-state index in [1.807, 2.05) is 29.2 Å². The maximum atomic E-state index is 12.6. The van der Waals surface area contributed by atoms with Crippen molar-refractivity contribution in [3.63, 3.8) is 0 Å². The Morgan fingerprint density at radius 1 is 0.929 bits per heavy atom. The number of anilines is 1. The molecule has 1 aromatic rings. The molecule has 0 bridgehead atoms. The zero-order chi connectivity index (χ0) is 19.6. The quantitative estimate of drug-likeness (QED) is 0.696. The number of carbonyl (C=O) groups is 2. The highest BCUT2D eigenvalue weighted by Crippen LogP contribution is 2.19. The van der Waals surface area contributed by atoms with Crippen molar-refractivity contribution >= 4 is 17.5 Å². The van der Waals surface area contributed by atoms with Crippen molar-refractivity contribution in [2.45, 2.75) is 57.8 Å². The molecule has 2 N–H and O–H groups in total. The summed E-state index contributed by atoms with van der Waals surface area (Å²) in [6, 6.07) is 7.46. The Morgan fingerprint density at radius 3 is 2.36 bits per heavy atom. The van der Waals surface area contributed by atoms with E-state index in [9.17, 15) is 9.59 Å². The fourth-order valence-electron chi connectivity index (χ4n) is 3.93. The van der Waals surface area contributed by atoms with Gasteiger partial charge in [0.1, 0.15) is 0 Å². The van der Waals surface area contributed by atoms with Crippen LogP contribution in [0.15, 0.2) is 35.9 Å². The summed E-state index contributed by atoms with van der Waals surface area (Å²) >= 11 is 0. The lowest BCUT2D eigenvalue weighted by atomic mass is 9.97. The first-order valence-electron chi connectivity index (χ1n) is 10.8. The lowest BCUT2D eigenvalue weighted by Gasteiger charge is -2.20. The van der Waals surface area contributed by atoms with Crippen LogP contribution in [0.4, 0.5) is 5.69 Å². The summed E-state index contributed by atoms with van der Waals surface area (Å²) in [5.74, 6) is 0.115. The molecular weight excluding hydrogens is 350 g/mol. The average Bonchev–Trinajstić information content (AvgIpc) is 3.02. The number of rotatable bonds is 7. The molecule has 1 aliphatic carbocycles. The predicted molar refractivity (Wildman–Crippen MR) is 113 cm³/mol. The van der Waals surface area contributed by atoms with Gasteiger partial charge in [-0.05, 0) is 69.2 Å². The van der Waals surface area contributed by atoms with Crippen LogP contribution >= 0.6 is 0 Å². The lowest BCUT2D eigenvalue weighted by molar-refractivity contribution is -0.119. The molecule has 0 unspecified atom stereocenters. The molecule has 0 aromatic heterocycles. The van der Waals surface area contributed by atoms with Crippen molar-refractivity contribution in [3.8, 4) is 0 Å². The second kappa shape index (κ2) is 10.9. The number of nitrogens with zero attached hydrogens (tertiary/aromatic N) is 1. The molecule has 152 valence electrons. The number of nitrogens with one attached hydrogen (secondary N) is 2. The van der Waals surface area contributed by atoms with Crippen LogP contribution in [-0.2, 0) is 4.79 Å². The average molecular weight is 384 g/mol. The Bertz CT molecular complexity index is 674. The smallest absolute Gasteiger partial charge is 0.253 e. The summed E-state index contributed by atoms with van der Waals surface area (Å²) < 4.78 is 0. The molecule has 1 fully saturated rings. The number of carbonyl (C=O) groups excluding carboxylic acids is 2. The summed E-state index contributed by atoms with van der Waals surface area (Å²) in [6.45, 7) is 2.67. The summed E-state index contributed by atoms with van der Waals surface area (Å²) in [6.07, 6.45) is 12.8. The van der Waals surface area contributed by atoms with Crippen molar-refractivity contribution in [2.24, 2.45) is 0 Å². The molecule has 1 aromatic carbocycles. The first-order chi connectivity index (χ1) is 13.7. The van der Waals surface area contributed by atoms with Crippen molar-refractivity contribution in [1.29, 1.82) is 0 Å². The molecule has 28 heavy (non-hydrogen) atoms. The molecule has 0 radical (unpaired) electrons. The Kier molecular flexibility index (Phi) is 7.94. The van der Waals surface area contributed by atoms with Crippen LogP contribution in [0.1, 0.15) is 68.1 Å². The van der Waals surface area contributed by atoms with Gasteiger partial charge in [0.25, 0.3) is 5.91 Å². The van der Waals surface area contributed by atoms with Crippen LogP contribution < -0.4 is 10.6 Å². The largest absolute Gasteiger partial charge is 0.376 e. The van der Waals surface area contributed by atoms with E-state index in [1.54, 1.807) is 0 Å². The SMILES string of the molecule is O=C(CNc1ccc(C(=O)N2CCCCCC2)cc1)NCCC1=CCCCC1. The lowest BCUT2D eigenvalue weighted by Crippen LogP contribution is -2.32. The van der Waals surface area contributed by atoms with Crippen molar-refractivity contribution in [2.75, 3.05) is 31.5 Å². The second-order valence-corrected chi connectivity index (χ2v) is 7.85. The Morgan fingerprint density at radius 2 is 1.68 bits per heavy atom. The van der Waals surface area contributed by atoms with E-state index < -0.39 is 0 Å². The third-order valence-electron chi connectivity index (χ3n) is 5.63. The van der Waals surface area contributed by atoms with Gasteiger partial charge in [0.05, 0.1) is 6.54 Å². The molecule has 0 saturated carbocycles. The fraction of sp³-hybridized carbons (Fsp3) is 0.565. The van der Waals surface area contributed by atoms with Gasteiger partial charge in [-0.15, -0.1) is 0 Å². The molecule has 0 spiro atoms. The fourth-order valence-corrected chi connectivity index (χ4v) is 3.93. The molecule has 2 amide bonds. The second-order valence-electron chi connectivity index (χ2n) is 7.85. The minimum absolute atomic E-state index is 0.00105. The van der Waals surface area contributed by atoms with E-state index in [0.29, 0.717) is 6.54 Å². The van der Waals surface area contributed by atoms with Gasteiger partial charge >= 0.3 is 0 Å². The van der Waals surface area contributed by atoms with E-state index in [0.717, 1.165) is 43.6 Å². The van der Waals surface area contributed by atoms with Gasteiger partial charge in [0.15, 0.2) is 0 Å². The molecule has 5 heteroatoms. The number of amides is 2. The van der Waals surface area contributed by atoms with E-state index in [4.69, 9.17) is 0 Å². The van der Waals surface area contributed by atoms with Crippen molar-refractivity contribution < 1.29 is 9.59 Å². The first kappa shape index (κ1) is 20.4. The molecule has 5 nitrogen and oxygen atoms in total. The first-order valence-corrected chi connectivity index (χ1v) is 10.8. The molecule has 2 aliphatic rings. The maximum absolute atomic E-state index is 12.6. The maximum Gasteiger partial charge on any atom is 0.253 e. The summed E-state index contributed by atoms with van der Waals surface area (Å²) in [5.41, 5.74) is 3.05. The van der Waals surface area contributed by atoms with E-state index in [1.165, 1.54) is 44.1 Å². The highest BCUT2D eigenvalue weighted by atomic mass is 16.2. The Balaban J connectivity index is 1.39. The minimum Gasteiger partial charge on any atom is -0.376 e. The summed E-state index contributed by atoms with van der Waals surface area (Å²) in [5, 5.41) is 6.11. The standard InChI is InChI=1S/C23H33N3O2/c27-22(24-15-14-19-8-4-3-5-9-19)18-25-21-12-10-20(11-13-21)23(28)26-16-6-1-2-7-17-26/h8,10-13,25H,1-7,9,14-18H2,(H,24,27). The third-order valence-corrected chi connectivity index (χ3v) is 5.63. The van der Waals surface area contributed by atoms with Crippen molar-refractivity contribution in [3.05, 3.63) is 41.5 Å². The highest BCUT2D eigenvalue weighted by molar-refractivity contribution is 5.94. The molecule has 1 aliphatic heterocycles. The topological polar surface area (TPSA) is 61.4 Å². The number of allylic oxidation sites excluding steroid dienone is 1. The van der Waals surface area contributed by atoms with Crippen molar-refractivity contribution in [1.82, 2.24) is 10.2 Å². The predicted octanol–water partition coefficient (Wildman–Crippen LogP) is 4.12. The number of likely N-dealkylation sites (tertiary alicyclic amines) is 1. The van der Waals surface area contributed by atoms with E-state index in [2.05, 4.69) is 16.7 Å². The van der Waals surface area contributed by atoms with Gasteiger partial charge < -0.3 is 15.5 Å². The van der Waals surface area contributed by atoms with Gasteiger partial charge in [0.2, 0.25) is 5.91 Å². The zero-order valence-corrected chi connectivity index (χ0v) is 16.8. The van der Waals surface area contributed by atoms with E-state index in [-0.39, 0.29) is 18.4 Å². The Hall–Kier alpha value is -2.30. The van der Waals surface area contributed by atoms with Crippen LogP contribution in [0.3, 0.4) is 0 Å². The number of hydrogen-bond donors (Lipinski definition) is 2. The normalized spacial score (nSPS) is 17.4. The van der Waals surface area contributed by atoms with Gasteiger partial charge in [-0.25, -0.2) is 0 Å². The van der Waals surface area contributed by atoms with Crippen LogP contribution in [0.25, 0.3) is 0 Å². The Labute approximate surface area is 168 Å². The van der Waals surface area contributed by atoms with E-state index >= 15 is 0 Å². The van der Waals surface area contributed by atoms with Gasteiger partial charge in [0, 0.05) is 30.9 Å². The summed E-state index contributed by atoms with van der Waals surface area (Å²) in [7, 11) is 0. The van der Waals surface area contributed by atoms with Gasteiger partial charge in [-0.2, -0.15) is 0 Å². The molecule has 1 saturated heterocycles. The molecular formula is C23H33N3O2. The minimum atomic E-state index is 0.00105. The number of benzene rings is 1. The highest BCUT2D eigenvalue weighted by Gasteiger charge is 2.17. The van der Waals surface area contributed by atoms with Crippen LogP contribution in [-0.4, -0.2) is 42.9 Å². The van der Waals surface area contributed by atoms with Crippen LogP contribution in [0, 0.1) is 0 Å². The molecule has 0 atom stereocenters.